The molecule has 2 rings (SSSR count). The van der Waals surface area contributed by atoms with Gasteiger partial charge < -0.3 is 0 Å². The highest BCUT2D eigenvalue weighted by molar-refractivity contribution is 7.53. The van der Waals surface area contributed by atoms with E-state index in [9.17, 15) is 4.57 Å². The van der Waals surface area contributed by atoms with Gasteiger partial charge in [0.15, 0.2) is 11.5 Å². The van der Waals surface area contributed by atoms with Crippen LogP contribution in [0.4, 0.5) is 0 Å². The highest BCUT2D eigenvalue weighted by atomic mass is 31.1. The first-order valence-electron chi connectivity index (χ1n) is 10.1. The molecule has 1 atom stereocenters. The van der Waals surface area contributed by atoms with Crippen molar-refractivity contribution < 1.29 is 4.57 Å². The predicted octanol–water partition coefficient (Wildman–Crippen LogP) is 7.50. The first-order valence-corrected chi connectivity index (χ1v) is 11.5. The van der Waals surface area contributed by atoms with Crippen molar-refractivity contribution in [3.8, 4) is 0 Å². The van der Waals surface area contributed by atoms with Crippen molar-refractivity contribution in [1.82, 2.24) is 0 Å². The highest BCUT2D eigenvalue weighted by Gasteiger charge is 2.17. The van der Waals surface area contributed by atoms with Gasteiger partial charge in [-0.3, -0.25) is 0 Å². The second-order valence-electron chi connectivity index (χ2n) is 7.22. The Morgan fingerprint density at radius 2 is 1.15 bits per heavy atom. The fourth-order valence-corrected chi connectivity index (χ4v) is 4.41. The molecule has 0 aromatic heterocycles. The second kappa shape index (κ2) is 13.7. The molecule has 2 aromatic rings. The molecule has 0 amide bonds. The van der Waals surface area contributed by atoms with Crippen LogP contribution >= 0.6 is 7.80 Å². The first-order chi connectivity index (χ1) is 12.5. The van der Waals surface area contributed by atoms with Crippen molar-refractivity contribution in [2.24, 2.45) is 0 Å². The van der Waals surface area contributed by atoms with E-state index in [-0.39, 0.29) is 0 Å². The van der Waals surface area contributed by atoms with E-state index in [0.717, 1.165) is 17.9 Å². The third-order valence-corrected chi connectivity index (χ3v) is 5.97. The lowest BCUT2D eigenvalue weighted by Crippen LogP contribution is -1.96. The van der Waals surface area contributed by atoms with Crippen molar-refractivity contribution in [3.63, 3.8) is 0 Å². The zero-order chi connectivity index (χ0) is 19.2. The van der Waals surface area contributed by atoms with Crippen LogP contribution < -0.4 is 5.30 Å². The van der Waals surface area contributed by atoms with Crippen LogP contribution in [0.1, 0.15) is 68.6 Å². The lowest BCUT2D eigenvalue weighted by molar-refractivity contribution is 0.582. The van der Waals surface area contributed by atoms with Gasteiger partial charge in [-0.2, -0.15) is 0 Å². The standard InChI is InChI=1S/C15H24OP.C9H12/c1-2-3-4-5-6-7-11-14-17(16)15-12-9-8-10-13-15;1-7-4-8(2)6-9(3)5-7/h8-10,12-13H,2-7,11,14H2,1H3;4-6H,1-3H3/q+1;. The summed E-state index contributed by atoms with van der Waals surface area (Å²) >= 11 is 0. The van der Waals surface area contributed by atoms with E-state index in [4.69, 9.17) is 0 Å². The zero-order valence-electron chi connectivity index (χ0n) is 17.1. The lowest BCUT2D eigenvalue weighted by Gasteiger charge is -1.97. The van der Waals surface area contributed by atoms with Gasteiger partial charge in [0.1, 0.15) is 0 Å². The quantitative estimate of drug-likeness (QED) is 0.329. The molecule has 0 aliphatic rings. The monoisotopic (exact) mass is 371 g/mol. The topological polar surface area (TPSA) is 17.1 Å². The summed E-state index contributed by atoms with van der Waals surface area (Å²) in [4.78, 5) is 0. The van der Waals surface area contributed by atoms with Crippen LogP contribution in [-0.4, -0.2) is 6.16 Å². The Bertz CT molecular complexity index is 583. The summed E-state index contributed by atoms with van der Waals surface area (Å²) in [5, 5.41) is 1.01. The molecule has 0 aliphatic carbocycles. The average molecular weight is 372 g/mol. The number of aryl methyl sites for hydroxylation is 3. The molecule has 0 N–H and O–H groups in total. The van der Waals surface area contributed by atoms with Crippen molar-refractivity contribution in [3.05, 3.63) is 65.2 Å². The summed E-state index contributed by atoms with van der Waals surface area (Å²) in [5.41, 5.74) is 4.06. The Labute approximate surface area is 162 Å². The van der Waals surface area contributed by atoms with Gasteiger partial charge in [0, 0.05) is 0 Å². The molecule has 26 heavy (non-hydrogen) atoms. The van der Waals surface area contributed by atoms with Gasteiger partial charge >= 0.3 is 7.80 Å². The SMILES string of the molecule is CCCCCCCCC[P+](=O)c1ccccc1.Cc1cc(C)cc(C)c1. The zero-order valence-corrected chi connectivity index (χ0v) is 18.0. The highest BCUT2D eigenvalue weighted by Crippen LogP contribution is 2.22. The molecule has 1 nitrogen and oxygen atoms in total. The summed E-state index contributed by atoms with van der Waals surface area (Å²) in [5.74, 6) is 0. The second-order valence-corrected chi connectivity index (χ2v) is 8.94. The number of hydrogen-bond acceptors (Lipinski definition) is 1. The van der Waals surface area contributed by atoms with Crippen molar-refractivity contribution in [1.29, 1.82) is 0 Å². The van der Waals surface area contributed by atoms with Crippen LogP contribution in [0.5, 0.6) is 0 Å². The maximum absolute atomic E-state index is 11.9. The molecule has 0 radical (unpaired) electrons. The normalized spacial score (nSPS) is 10.8. The van der Waals surface area contributed by atoms with Crippen molar-refractivity contribution in [2.45, 2.75) is 72.6 Å². The van der Waals surface area contributed by atoms with E-state index in [0.29, 0.717) is 0 Å². The summed E-state index contributed by atoms with van der Waals surface area (Å²) in [6.07, 6.45) is 9.87. The Balaban J connectivity index is 0.000000314. The Morgan fingerprint density at radius 1 is 0.692 bits per heavy atom. The largest absolute Gasteiger partial charge is 0.376 e. The van der Waals surface area contributed by atoms with Gasteiger partial charge in [-0.15, -0.1) is 0 Å². The molecule has 0 bridgehead atoms. The minimum atomic E-state index is -1.15. The molecule has 0 heterocycles. The van der Waals surface area contributed by atoms with Gasteiger partial charge in [0.05, 0.1) is 0 Å². The third-order valence-electron chi connectivity index (χ3n) is 4.37. The molecule has 0 fully saturated rings. The van der Waals surface area contributed by atoms with E-state index in [2.05, 4.69) is 45.9 Å². The smallest absolute Gasteiger partial charge is 0.0681 e. The predicted molar refractivity (Wildman–Crippen MR) is 117 cm³/mol. The molecule has 1 unspecified atom stereocenters. The average Bonchev–Trinajstić information content (AvgIpc) is 2.61. The van der Waals surface area contributed by atoms with E-state index in [1.165, 1.54) is 55.2 Å². The van der Waals surface area contributed by atoms with E-state index < -0.39 is 7.80 Å². The van der Waals surface area contributed by atoms with Crippen LogP contribution in [0, 0.1) is 20.8 Å². The molecule has 2 heteroatoms. The summed E-state index contributed by atoms with van der Waals surface area (Å²) in [6, 6.07) is 16.4. The van der Waals surface area contributed by atoms with Gasteiger partial charge in [-0.05, 0) is 45.7 Å². The molecule has 0 saturated carbocycles. The molecule has 2 aromatic carbocycles. The molecule has 0 aliphatic heterocycles. The number of unbranched alkanes of at least 4 members (excludes halogenated alkanes) is 6. The molecule has 0 saturated heterocycles. The lowest BCUT2D eigenvalue weighted by atomic mass is 10.1. The van der Waals surface area contributed by atoms with Gasteiger partial charge in [0.2, 0.25) is 0 Å². The minimum Gasteiger partial charge on any atom is -0.0681 e. The minimum absolute atomic E-state index is 0.854. The van der Waals surface area contributed by atoms with Crippen LogP contribution in [0.2, 0.25) is 0 Å². The van der Waals surface area contributed by atoms with E-state index >= 15 is 0 Å². The van der Waals surface area contributed by atoms with Crippen molar-refractivity contribution >= 4 is 13.1 Å². The van der Waals surface area contributed by atoms with E-state index in [1.54, 1.807) is 0 Å². The summed E-state index contributed by atoms with van der Waals surface area (Å²) in [7, 11) is -1.15. The molecule has 0 spiro atoms. The molecule has 142 valence electrons. The molecular weight excluding hydrogens is 335 g/mol. The third kappa shape index (κ3) is 10.5. The van der Waals surface area contributed by atoms with Crippen LogP contribution in [0.15, 0.2) is 48.5 Å². The van der Waals surface area contributed by atoms with Crippen LogP contribution in [-0.2, 0) is 4.57 Å². The number of rotatable bonds is 9. The molecular formula is C24H36OP+. The fourth-order valence-electron chi connectivity index (χ4n) is 3.14. The van der Waals surface area contributed by atoms with Gasteiger partial charge in [0.25, 0.3) is 0 Å². The van der Waals surface area contributed by atoms with Crippen molar-refractivity contribution in [2.75, 3.05) is 6.16 Å². The Kier molecular flexibility index (Phi) is 11.9. The summed E-state index contributed by atoms with van der Waals surface area (Å²) in [6.45, 7) is 8.62. The fraction of sp³-hybridized carbons (Fsp3) is 0.500. The van der Waals surface area contributed by atoms with Crippen LogP contribution in [0.3, 0.4) is 0 Å². The Hall–Kier alpha value is -1.46. The maximum Gasteiger partial charge on any atom is 0.376 e. The Morgan fingerprint density at radius 3 is 1.65 bits per heavy atom. The van der Waals surface area contributed by atoms with E-state index in [1.807, 2.05) is 30.3 Å². The number of hydrogen-bond donors (Lipinski definition) is 0. The number of benzene rings is 2. The maximum atomic E-state index is 11.9. The first kappa shape index (κ1) is 22.6. The van der Waals surface area contributed by atoms with Gasteiger partial charge in [-0.25, -0.2) is 0 Å². The van der Waals surface area contributed by atoms with Crippen LogP contribution in [0.25, 0.3) is 0 Å². The van der Waals surface area contributed by atoms with Gasteiger partial charge in [-0.1, -0.05) is 96.7 Å². The summed E-state index contributed by atoms with van der Waals surface area (Å²) < 4.78 is 11.9.